The first-order valence-corrected chi connectivity index (χ1v) is 8.96. The number of anilines is 2. The Balaban J connectivity index is 2.02. The summed E-state index contributed by atoms with van der Waals surface area (Å²) in [7, 11) is 0. The van der Waals surface area contributed by atoms with Crippen LogP contribution in [0.15, 0.2) is 41.0 Å². The van der Waals surface area contributed by atoms with Crippen molar-refractivity contribution in [1.29, 1.82) is 0 Å². The summed E-state index contributed by atoms with van der Waals surface area (Å²) in [6, 6.07) is 4.92. The Morgan fingerprint density at radius 3 is 2.33 bits per heavy atom. The maximum absolute atomic E-state index is 13.4. The smallest absolute Gasteiger partial charge is 0.418 e. The molecule has 1 heterocycles. The lowest BCUT2D eigenvalue weighted by atomic mass is 10.1. The second-order valence-corrected chi connectivity index (χ2v) is 6.52. The van der Waals surface area contributed by atoms with Gasteiger partial charge in [-0.15, -0.1) is 0 Å². The summed E-state index contributed by atoms with van der Waals surface area (Å²) in [6.45, 7) is 3.57. The number of alkyl halides is 3. The van der Waals surface area contributed by atoms with Gasteiger partial charge in [0, 0.05) is 24.7 Å². The average Bonchev–Trinajstić information content (AvgIpc) is 3.20. The van der Waals surface area contributed by atoms with Crippen LogP contribution in [0.3, 0.4) is 0 Å². The molecule has 30 heavy (non-hydrogen) atoms. The number of hydrogen-bond donors (Lipinski definition) is 4. The molecule has 4 amide bonds. The quantitative estimate of drug-likeness (QED) is 0.508. The Labute approximate surface area is 170 Å². The largest absolute Gasteiger partial charge is 0.459 e. The minimum Gasteiger partial charge on any atom is -0.459 e. The number of nitrogens with one attached hydrogen (secondary N) is 4. The fourth-order valence-corrected chi connectivity index (χ4v) is 2.30. The average molecular weight is 426 g/mol. The fourth-order valence-electron chi connectivity index (χ4n) is 2.30. The van der Waals surface area contributed by atoms with Gasteiger partial charge in [-0.05, 0) is 30.3 Å². The molecule has 8 nitrogen and oxygen atoms in total. The minimum atomic E-state index is -4.78. The number of carbonyl (C=O) groups is 3. The number of hydrogen-bond acceptors (Lipinski definition) is 4. The van der Waals surface area contributed by atoms with Crippen molar-refractivity contribution in [2.75, 3.05) is 23.7 Å². The lowest BCUT2D eigenvalue weighted by Gasteiger charge is -2.16. The highest BCUT2D eigenvalue weighted by Gasteiger charge is 2.34. The van der Waals surface area contributed by atoms with Crippen molar-refractivity contribution < 1.29 is 32.0 Å². The van der Waals surface area contributed by atoms with Crippen LogP contribution in [-0.4, -0.2) is 30.9 Å². The molecular weight excluding hydrogens is 405 g/mol. The Morgan fingerprint density at radius 1 is 1.03 bits per heavy atom. The molecular formula is C19H21F3N4O4. The first-order valence-electron chi connectivity index (χ1n) is 8.96. The molecule has 0 saturated heterocycles. The number of urea groups is 1. The Kier molecular flexibility index (Phi) is 7.45. The summed E-state index contributed by atoms with van der Waals surface area (Å²) in [5, 5.41) is 9.34. The number of benzene rings is 1. The van der Waals surface area contributed by atoms with Gasteiger partial charge < -0.3 is 25.7 Å². The number of amides is 4. The molecule has 0 aliphatic rings. The second-order valence-electron chi connectivity index (χ2n) is 6.52. The van der Waals surface area contributed by atoms with E-state index in [0.29, 0.717) is 6.07 Å². The first kappa shape index (κ1) is 22.8. The fraction of sp³-hybridized carbons (Fsp3) is 0.316. The minimum absolute atomic E-state index is 0.0307. The summed E-state index contributed by atoms with van der Waals surface area (Å²) in [5.41, 5.74) is -1.74. The molecule has 4 N–H and O–H groups in total. The maximum atomic E-state index is 13.4. The monoisotopic (exact) mass is 426 g/mol. The van der Waals surface area contributed by atoms with Gasteiger partial charge in [0.05, 0.1) is 17.5 Å². The summed E-state index contributed by atoms with van der Waals surface area (Å²) in [5.74, 6) is -1.20. The highest BCUT2D eigenvalue weighted by atomic mass is 19.4. The summed E-state index contributed by atoms with van der Waals surface area (Å²) >= 11 is 0. The van der Waals surface area contributed by atoms with E-state index in [4.69, 9.17) is 4.42 Å². The molecule has 0 fully saturated rings. The summed E-state index contributed by atoms with van der Waals surface area (Å²) in [4.78, 5) is 35.3. The van der Waals surface area contributed by atoms with Crippen molar-refractivity contribution >= 4 is 29.2 Å². The Hall–Kier alpha value is -3.50. The zero-order valence-corrected chi connectivity index (χ0v) is 16.2. The third-order valence-corrected chi connectivity index (χ3v) is 3.81. The van der Waals surface area contributed by atoms with E-state index in [1.165, 1.54) is 24.5 Å². The lowest BCUT2D eigenvalue weighted by molar-refractivity contribution is -0.136. The van der Waals surface area contributed by atoms with E-state index in [9.17, 15) is 27.6 Å². The lowest BCUT2D eigenvalue weighted by Crippen LogP contribution is -2.38. The van der Waals surface area contributed by atoms with E-state index in [-0.39, 0.29) is 36.4 Å². The van der Waals surface area contributed by atoms with E-state index in [0.717, 1.165) is 6.07 Å². The highest BCUT2D eigenvalue weighted by molar-refractivity contribution is 6.02. The molecule has 0 unspecified atom stereocenters. The second kappa shape index (κ2) is 9.81. The molecule has 162 valence electrons. The van der Waals surface area contributed by atoms with Crippen molar-refractivity contribution in [3.05, 3.63) is 47.9 Å². The van der Waals surface area contributed by atoms with Crippen LogP contribution in [0.25, 0.3) is 0 Å². The zero-order valence-electron chi connectivity index (χ0n) is 16.2. The van der Waals surface area contributed by atoms with Gasteiger partial charge in [-0.2, -0.15) is 13.2 Å². The molecule has 0 saturated carbocycles. The molecule has 0 radical (unpaired) electrons. The summed E-state index contributed by atoms with van der Waals surface area (Å²) in [6.07, 6.45) is -3.52. The molecule has 0 aliphatic carbocycles. The number of carbonyl (C=O) groups excluding carboxylic acids is 3. The van der Waals surface area contributed by atoms with Crippen molar-refractivity contribution in [3.63, 3.8) is 0 Å². The van der Waals surface area contributed by atoms with Crippen molar-refractivity contribution in [2.45, 2.75) is 20.0 Å². The third-order valence-electron chi connectivity index (χ3n) is 3.81. The first-order chi connectivity index (χ1) is 14.1. The molecule has 2 rings (SSSR count). The van der Waals surface area contributed by atoms with Gasteiger partial charge >= 0.3 is 12.2 Å². The van der Waals surface area contributed by atoms with E-state index in [1.807, 2.05) is 0 Å². The summed E-state index contributed by atoms with van der Waals surface area (Å²) < 4.78 is 45.1. The standard InChI is InChI=1S/C19H21F3N4O4/c1-11(2)16(27)23-7-8-24-18(29)26-14-6-5-12(10-13(14)19(20,21)22)25-17(28)15-4-3-9-30-15/h3-6,9-11H,7-8H2,1-2H3,(H,23,27)(H,25,28)(H2,24,26,29). The van der Waals surface area contributed by atoms with Gasteiger partial charge in [0.1, 0.15) is 0 Å². The third kappa shape index (κ3) is 6.54. The van der Waals surface area contributed by atoms with E-state index < -0.39 is 29.4 Å². The van der Waals surface area contributed by atoms with E-state index >= 15 is 0 Å². The van der Waals surface area contributed by atoms with Gasteiger partial charge in [0.2, 0.25) is 5.91 Å². The van der Waals surface area contributed by atoms with Crippen LogP contribution >= 0.6 is 0 Å². The van der Waals surface area contributed by atoms with E-state index in [2.05, 4.69) is 21.3 Å². The molecule has 2 aromatic rings. The van der Waals surface area contributed by atoms with Gasteiger partial charge in [0.25, 0.3) is 5.91 Å². The normalized spacial score (nSPS) is 11.1. The van der Waals surface area contributed by atoms with Crippen molar-refractivity contribution in [1.82, 2.24) is 10.6 Å². The molecule has 1 aromatic carbocycles. The zero-order chi connectivity index (χ0) is 22.3. The topological polar surface area (TPSA) is 112 Å². The molecule has 0 aliphatic heterocycles. The Morgan fingerprint density at radius 2 is 1.73 bits per heavy atom. The highest BCUT2D eigenvalue weighted by Crippen LogP contribution is 2.36. The van der Waals surface area contributed by atoms with Gasteiger partial charge in [-0.1, -0.05) is 13.8 Å². The Bertz CT molecular complexity index is 896. The van der Waals surface area contributed by atoms with Crippen LogP contribution < -0.4 is 21.3 Å². The van der Waals surface area contributed by atoms with Gasteiger partial charge in [0.15, 0.2) is 5.76 Å². The molecule has 1 aromatic heterocycles. The predicted molar refractivity (Wildman–Crippen MR) is 103 cm³/mol. The van der Waals surface area contributed by atoms with Crippen LogP contribution in [0.5, 0.6) is 0 Å². The maximum Gasteiger partial charge on any atom is 0.418 e. The number of furan rings is 1. The molecule has 0 spiro atoms. The predicted octanol–water partition coefficient (Wildman–Crippen LogP) is 3.44. The molecule has 11 heteroatoms. The van der Waals surface area contributed by atoms with E-state index in [1.54, 1.807) is 13.8 Å². The van der Waals surface area contributed by atoms with Crippen LogP contribution in [0.1, 0.15) is 30.0 Å². The van der Waals surface area contributed by atoms with Crippen molar-refractivity contribution in [3.8, 4) is 0 Å². The number of halogens is 3. The number of rotatable bonds is 7. The van der Waals surface area contributed by atoms with Crippen LogP contribution in [-0.2, 0) is 11.0 Å². The van der Waals surface area contributed by atoms with Crippen LogP contribution in [0.4, 0.5) is 29.3 Å². The SMILES string of the molecule is CC(C)C(=O)NCCNC(=O)Nc1ccc(NC(=O)c2ccco2)cc1C(F)(F)F. The van der Waals surface area contributed by atoms with Crippen LogP contribution in [0, 0.1) is 5.92 Å². The van der Waals surface area contributed by atoms with Crippen molar-refractivity contribution in [2.24, 2.45) is 5.92 Å². The van der Waals surface area contributed by atoms with Crippen LogP contribution in [0.2, 0.25) is 0 Å². The molecule has 0 atom stereocenters. The molecule has 0 bridgehead atoms. The van der Waals surface area contributed by atoms with Gasteiger partial charge in [-0.25, -0.2) is 4.79 Å². The van der Waals surface area contributed by atoms with Gasteiger partial charge in [-0.3, -0.25) is 9.59 Å².